The number of aromatic nitrogens is 2. The van der Waals surface area contributed by atoms with E-state index < -0.39 is 10.8 Å². The van der Waals surface area contributed by atoms with Gasteiger partial charge in [0, 0.05) is 33.5 Å². The van der Waals surface area contributed by atoms with Gasteiger partial charge < -0.3 is 5.32 Å². The first-order valence-corrected chi connectivity index (χ1v) is 9.15. The molecule has 1 unspecified atom stereocenters. The van der Waals surface area contributed by atoms with Gasteiger partial charge in [0.25, 0.3) is 0 Å². The van der Waals surface area contributed by atoms with Crippen LogP contribution in [-0.2, 0) is 16.6 Å². The Morgan fingerprint density at radius 2 is 2.19 bits per heavy atom. The van der Waals surface area contributed by atoms with Crippen molar-refractivity contribution in [2.45, 2.75) is 5.75 Å². The zero-order valence-electron chi connectivity index (χ0n) is 11.2. The molecule has 1 aromatic carbocycles. The smallest absolute Gasteiger partial charge is 0.142 e. The van der Waals surface area contributed by atoms with Gasteiger partial charge in [-0.3, -0.25) is 4.21 Å². The van der Waals surface area contributed by atoms with Crippen LogP contribution in [0.25, 0.3) is 10.2 Å². The van der Waals surface area contributed by atoms with E-state index in [9.17, 15) is 4.21 Å². The minimum absolute atomic E-state index is 0.436. The molecule has 0 amide bonds. The molecule has 3 aromatic rings. The molecule has 3 rings (SSSR count). The summed E-state index contributed by atoms with van der Waals surface area (Å²) in [5.74, 6) is 1.19. The highest BCUT2D eigenvalue weighted by Gasteiger charge is 2.08. The molecule has 1 N–H and O–H groups in total. The number of hydrogen-bond acceptors (Lipinski definition) is 5. The Bertz CT molecular complexity index is 819. The van der Waals surface area contributed by atoms with Crippen molar-refractivity contribution < 1.29 is 4.21 Å². The second-order valence-electron chi connectivity index (χ2n) is 4.51. The van der Waals surface area contributed by atoms with Crippen LogP contribution < -0.4 is 5.32 Å². The minimum Gasteiger partial charge on any atom is -0.340 e. The third kappa shape index (κ3) is 3.23. The Hall–Kier alpha value is -1.50. The summed E-state index contributed by atoms with van der Waals surface area (Å²) in [6, 6.07) is 7.58. The molecule has 0 saturated carbocycles. The molecule has 2 aromatic heterocycles. The number of hydrogen-bond donors (Lipinski definition) is 1. The fourth-order valence-corrected chi connectivity index (χ4v) is 3.68. The average Bonchev–Trinajstić information content (AvgIpc) is 2.91. The van der Waals surface area contributed by atoms with Crippen LogP contribution in [0, 0.1) is 0 Å². The van der Waals surface area contributed by atoms with Gasteiger partial charge in [-0.2, -0.15) is 0 Å². The molecule has 0 aliphatic heterocycles. The fourth-order valence-electron chi connectivity index (χ4n) is 2.01. The van der Waals surface area contributed by atoms with Gasteiger partial charge in [-0.15, -0.1) is 11.3 Å². The van der Waals surface area contributed by atoms with E-state index in [0.29, 0.717) is 10.8 Å². The van der Waals surface area contributed by atoms with Crippen molar-refractivity contribution in [3.05, 3.63) is 46.6 Å². The number of benzene rings is 1. The van der Waals surface area contributed by atoms with Crippen LogP contribution in [-0.4, -0.2) is 20.4 Å². The lowest BCUT2D eigenvalue weighted by atomic mass is 10.2. The number of thiophene rings is 1. The number of nitrogens with zero attached hydrogens (tertiary/aromatic N) is 2. The molecule has 4 nitrogen and oxygen atoms in total. The van der Waals surface area contributed by atoms with Gasteiger partial charge in [-0.25, -0.2) is 9.97 Å². The summed E-state index contributed by atoms with van der Waals surface area (Å²) in [5, 5.41) is 6.86. The van der Waals surface area contributed by atoms with Gasteiger partial charge in [0.15, 0.2) is 0 Å². The van der Waals surface area contributed by atoms with E-state index in [-0.39, 0.29) is 0 Å². The molecule has 0 aliphatic carbocycles. The lowest BCUT2D eigenvalue weighted by Crippen LogP contribution is -1.98. The predicted molar refractivity (Wildman–Crippen MR) is 89.9 cm³/mol. The maximum absolute atomic E-state index is 11.4. The minimum atomic E-state index is -0.934. The van der Waals surface area contributed by atoms with Gasteiger partial charge in [0.2, 0.25) is 0 Å². The van der Waals surface area contributed by atoms with Crippen molar-refractivity contribution in [3.8, 4) is 0 Å². The highest BCUT2D eigenvalue weighted by atomic mass is 35.5. The molecule has 2 heterocycles. The van der Waals surface area contributed by atoms with Crippen LogP contribution in [0.3, 0.4) is 0 Å². The summed E-state index contributed by atoms with van der Waals surface area (Å²) in [6.45, 7) is 0. The van der Waals surface area contributed by atoms with Crippen molar-refractivity contribution in [1.29, 1.82) is 0 Å². The Labute approximate surface area is 133 Å². The molecule has 0 bridgehead atoms. The SMILES string of the molecule is CS(=O)Cc1cc(Nc2ncnc3sccc23)ccc1Cl. The third-order valence-electron chi connectivity index (χ3n) is 2.93. The number of nitrogens with one attached hydrogen (secondary N) is 1. The first-order valence-electron chi connectivity index (χ1n) is 6.17. The Morgan fingerprint density at radius 1 is 1.33 bits per heavy atom. The summed E-state index contributed by atoms with van der Waals surface area (Å²) in [5.41, 5.74) is 1.73. The zero-order chi connectivity index (χ0) is 14.8. The first kappa shape index (κ1) is 14.4. The molecular formula is C14H12ClN3OS2. The second kappa shape index (κ2) is 6.09. The summed E-state index contributed by atoms with van der Waals surface area (Å²) in [4.78, 5) is 9.44. The van der Waals surface area contributed by atoms with Crippen LogP contribution >= 0.6 is 22.9 Å². The molecule has 0 radical (unpaired) electrons. The molecule has 0 saturated heterocycles. The van der Waals surface area contributed by atoms with Gasteiger partial charge in [0.05, 0.1) is 5.39 Å². The van der Waals surface area contributed by atoms with Crippen LogP contribution in [0.2, 0.25) is 5.02 Å². The maximum atomic E-state index is 11.4. The van der Waals surface area contributed by atoms with E-state index in [2.05, 4.69) is 15.3 Å². The highest BCUT2D eigenvalue weighted by molar-refractivity contribution is 7.83. The highest BCUT2D eigenvalue weighted by Crippen LogP contribution is 2.28. The zero-order valence-corrected chi connectivity index (χ0v) is 13.6. The van der Waals surface area contributed by atoms with Crippen molar-refractivity contribution in [2.75, 3.05) is 11.6 Å². The van der Waals surface area contributed by atoms with Gasteiger partial charge in [-0.1, -0.05) is 11.6 Å². The van der Waals surface area contributed by atoms with E-state index in [1.165, 1.54) is 0 Å². The van der Waals surface area contributed by atoms with Crippen LogP contribution in [0.1, 0.15) is 5.56 Å². The normalized spacial score (nSPS) is 12.5. The quantitative estimate of drug-likeness (QED) is 0.782. The molecule has 0 fully saturated rings. The molecule has 0 spiro atoms. The standard InChI is InChI=1S/C14H12ClN3OS2/c1-21(19)7-9-6-10(2-3-12(9)15)18-13-11-4-5-20-14(11)17-8-16-13/h2-6,8H,7H2,1H3,(H,16,17,18). The number of fused-ring (bicyclic) bond motifs is 1. The van der Waals surface area contributed by atoms with Gasteiger partial charge in [0.1, 0.15) is 17.0 Å². The van der Waals surface area contributed by atoms with E-state index in [1.54, 1.807) is 30.0 Å². The van der Waals surface area contributed by atoms with E-state index in [4.69, 9.17) is 11.6 Å². The predicted octanol–water partition coefficient (Wildman–Crippen LogP) is 3.97. The Kier molecular flexibility index (Phi) is 4.19. The average molecular weight is 338 g/mol. The van der Waals surface area contributed by atoms with Crippen LogP contribution in [0.4, 0.5) is 11.5 Å². The third-order valence-corrected chi connectivity index (χ3v) is 4.84. The molecular weight excluding hydrogens is 326 g/mol. The summed E-state index contributed by atoms with van der Waals surface area (Å²) in [7, 11) is -0.934. The Morgan fingerprint density at radius 3 is 3.00 bits per heavy atom. The largest absolute Gasteiger partial charge is 0.340 e. The van der Waals surface area contributed by atoms with Crippen molar-refractivity contribution in [2.24, 2.45) is 0 Å². The molecule has 0 aliphatic rings. The Balaban J connectivity index is 1.94. The summed E-state index contributed by atoms with van der Waals surface area (Å²) >= 11 is 7.71. The lowest BCUT2D eigenvalue weighted by Gasteiger charge is -2.09. The van der Waals surface area contributed by atoms with E-state index >= 15 is 0 Å². The lowest BCUT2D eigenvalue weighted by molar-refractivity contribution is 0.686. The molecule has 21 heavy (non-hydrogen) atoms. The van der Waals surface area contributed by atoms with Gasteiger partial charge >= 0.3 is 0 Å². The maximum Gasteiger partial charge on any atom is 0.142 e. The van der Waals surface area contributed by atoms with Gasteiger partial charge in [-0.05, 0) is 35.2 Å². The molecule has 108 valence electrons. The topological polar surface area (TPSA) is 54.9 Å². The van der Waals surface area contributed by atoms with E-state index in [0.717, 1.165) is 27.3 Å². The van der Waals surface area contributed by atoms with Crippen LogP contribution in [0.5, 0.6) is 0 Å². The number of halogens is 1. The van der Waals surface area contributed by atoms with Crippen molar-refractivity contribution in [3.63, 3.8) is 0 Å². The molecule has 7 heteroatoms. The fraction of sp³-hybridized carbons (Fsp3) is 0.143. The molecule has 1 atom stereocenters. The summed E-state index contributed by atoms with van der Waals surface area (Å²) in [6.07, 6.45) is 3.20. The second-order valence-corrected chi connectivity index (χ2v) is 7.25. The first-order chi connectivity index (χ1) is 10.1. The van der Waals surface area contributed by atoms with Crippen molar-refractivity contribution >= 4 is 55.5 Å². The van der Waals surface area contributed by atoms with Crippen LogP contribution in [0.15, 0.2) is 36.0 Å². The number of rotatable bonds is 4. The number of anilines is 2. The monoisotopic (exact) mass is 337 g/mol. The van der Waals surface area contributed by atoms with E-state index in [1.807, 2.05) is 23.6 Å². The van der Waals surface area contributed by atoms with Crippen molar-refractivity contribution in [1.82, 2.24) is 9.97 Å². The summed E-state index contributed by atoms with van der Waals surface area (Å²) < 4.78 is 11.4.